The number of nitrogens with one attached hydrogen (secondary N) is 2. The largest absolute Gasteiger partial charge is 0.438 e. The Morgan fingerprint density at radius 3 is 3.07 bits per heavy atom. The van der Waals surface area contributed by atoms with E-state index in [4.69, 9.17) is 21.4 Å². The zero-order chi connectivity index (χ0) is 18.7. The third kappa shape index (κ3) is 2.71. The molecule has 7 heteroatoms. The molecule has 0 bridgehead atoms. The average molecular weight is 398 g/mol. The lowest BCUT2D eigenvalue weighted by Crippen LogP contribution is -2.15. The van der Waals surface area contributed by atoms with Crippen LogP contribution in [0.25, 0.3) is 32.6 Å². The molecule has 1 aliphatic carbocycles. The van der Waals surface area contributed by atoms with Crippen LogP contribution >= 0.6 is 22.9 Å². The second-order valence-corrected chi connectivity index (χ2v) is 8.64. The highest BCUT2D eigenvalue weighted by Crippen LogP contribution is 2.36. The smallest absolute Gasteiger partial charge is 0.260 e. The summed E-state index contributed by atoms with van der Waals surface area (Å²) in [5, 5.41) is 10.3. The van der Waals surface area contributed by atoms with Gasteiger partial charge in [-0.2, -0.15) is 0 Å². The fraction of sp³-hybridized carbons (Fsp3) is 0.250. The van der Waals surface area contributed by atoms with E-state index in [-0.39, 0.29) is 11.1 Å². The summed E-state index contributed by atoms with van der Waals surface area (Å²) >= 11 is 7.66. The van der Waals surface area contributed by atoms with Gasteiger partial charge in [0, 0.05) is 15.3 Å². The SMILES string of the molecule is CC1CCc2c(sc3nc(-c4cc5cc(Cl)ccc5oc4=N)[nH]c(=O)c23)C1. The van der Waals surface area contributed by atoms with Gasteiger partial charge >= 0.3 is 0 Å². The minimum atomic E-state index is -0.146. The topological polar surface area (TPSA) is 82.7 Å². The van der Waals surface area contributed by atoms with Gasteiger partial charge in [0.15, 0.2) is 0 Å². The second-order valence-electron chi connectivity index (χ2n) is 7.12. The lowest BCUT2D eigenvalue weighted by atomic mass is 9.89. The number of rotatable bonds is 1. The molecule has 5 rings (SSSR count). The molecule has 0 saturated carbocycles. The first-order chi connectivity index (χ1) is 13.0. The summed E-state index contributed by atoms with van der Waals surface area (Å²) in [7, 11) is 0. The summed E-state index contributed by atoms with van der Waals surface area (Å²) in [6.45, 7) is 2.24. The van der Waals surface area contributed by atoms with Crippen LogP contribution in [-0.4, -0.2) is 9.97 Å². The van der Waals surface area contributed by atoms with Crippen molar-refractivity contribution in [2.75, 3.05) is 0 Å². The van der Waals surface area contributed by atoms with Gasteiger partial charge in [0.05, 0.1) is 10.9 Å². The number of nitrogens with zero attached hydrogens (tertiary/aromatic N) is 1. The van der Waals surface area contributed by atoms with E-state index in [0.717, 1.165) is 35.0 Å². The highest BCUT2D eigenvalue weighted by atomic mass is 35.5. The van der Waals surface area contributed by atoms with Crippen molar-refractivity contribution in [3.8, 4) is 11.4 Å². The zero-order valence-corrected chi connectivity index (χ0v) is 16.1. The molecular formula is C20H16ClN3O2S. The van der Waals surface area contributed by atoms with Crippen molar-refractivity contribution in [3.63, 3.8) is 0 Å². The van der Waals surface area contributed by atoms with Gasteiger partial charge in [-0.3, -0.25) is 10.2 Å². The first-order valence-corrected chi connectivity index (χ1v) is 10.0. The molecule has 1 atom stereocenters. The van der Waals surface area contributed by atoms with Gasteiger partial charge < -0.3 is 9.40 Å². The lowest BCUT2D eigenvalue weighted by Gasteiger charge is -2.17. The van der Waals surface area contributed by atoms with Gasteiger partial charge in [-0.25, -0.2) is 4.98 Å². The summed E-state index contributed by atoms with van der Waals surface area (Å²) in [6, 6.07) is 7.00. The van der Waals surface area contributed by atoms with Crippen LogP contribution in [0, 0.1) is 11.3 Å². The van der Waals surface area contributed by atoms with E-state index in [9.17, 15) is 4.79 Å². The first kappa shape index (κ1) is 16.7. The van der Waals surface area contributed by atoms with Crippen molar-refractivity contribution in [1.29, 1.82) is 5.41 Å². The predicted octanol–water partition coefficient (Wildman–Crippen LogP) is 4.66. The Bertz CT molecular complexity index is 1340. The van der Waals surface area contributed by atoms with Crippen LogP contribution < -0.4 is 11.1 Å². The van der Waals surface area contributed by atoms with Gasteiger partial charge in [0.25, 0.3) is 5.56 Å². The maximum absolute atomic E-state index is 12.8. The van der Waals surface area contributed by atoms with Crippen LogP contribution in [0.1, 0.15) is 23.8 Å². The Labute approximate surface area is 163 Å². The van der Waals surface area contributed by atoms with E-state index in [1.54, 1.807) is 35.6 Å². The van der Waals surface area contributed by atoms with Crippen molar-refractivity contribution < 1.29 is 4.42 Å². The fourth-order valence-corrected chi connectivity index (χ4v) is 5.33. The molecule has 0 saturated heterocycles. The van der Waals surface area contributed by atoms with E-state index in [1.165, 1.54) is 4.88 Å². The Morgan fingerprint density at radius 2 is 2.22 bits per heavy atom. The molecular weight excluding hydrogens is 382 g/mol. The van der Waals surface area contributed by atoms with E-state index < -0.39 is 0 Å². The molecule has 5 nitrogen and oxygen atoms in total. The fourth-order valence-electron chi connectivity index (χ4n) is 3.76. The van der Waals surface area contributed by atoms with Crippen LogP contribution in [0.5, 0.6) is 0 Å². The first-order valence-electron chi connectivity index (χ1n) is 8.82. The maximum atomic E-state index is 12.8. The molecule has 1 aromatic carbocycles. The Kier molecular flexibility index (Phi) is 3.74. The molecule has 0 fully saturated rings. The number of hydrogen-bond acceptors (Lipinski definition) is 5. The molecule has 0 amide bonds. The molecule has 136 valence electrons. The maximum Gasteiger partial charge on any atom is 0.260 e. The molecule has 2 N–H and O–H groups in total. The van der Waals surface area contributed by atoms with Crippen molar-refractivity contribution in [3.05, 3.63) is 55.6 Å². The molecule has 3 heterocycles. The molecule has 4 aromatic rings. The number of aryl methyl sites for hydroxylation is 1. The van der Waals surface area contributed by atoms with Crippen LogP contribution in [-0.2, 0) is 12.8 Å². The molecule has 0 aliphatic heterocycles. The van der Waals surface area contributed by atoms with Crippen molar-refractivity contribution in [1.82, 2.24) is 9.97 Å². The summed E-state index contributed by atoms with van der Waals surface area (Å²) < 4.78 is 5.60. The summed E-state index contributed by atoms with van der Waals surface area (Å²) in [5.41, 5.74) is 1.98. The van der Waals surface area contributed by atoms with E-state index >= 15 is 0 Å². The van der Waals surface area contributed by atoms with Crippen molar-refractivity contribution >= 4 is 44.1 Å². The van der Waals surface area contributed by atoms with Gasteiger partial charge in [-0.1, -0.05) is 18.5 Å². The highest BCUT2D eigenvalue weighted by Gasteiger charge is 2.23. The molecule has 0 radical (unpaired) electrons. The predicted molar refractivity (Wildman–Crippen MR) is 108 cm³/mol. The Hall–Kier alpha value is -2.44. The minimum absolute atomic E-state index is 0.0396. The highest BCUT2D eigenvalue weighted by molar-refractivity contribution is 7.18. The second kappa shape index (κ2) is 6.04. The Morgan fingerprint density at radius 1 is 1.37 bits per heavy atom. The van der Waals surface area contributed by atoms with E-state index in [1.807, 2.05) is 0 Å². The van der Waals surface area contributed by atoms with Crippen molar-refractivity contribution in [2.45, 2.75) is 26.2 Å². The van der Waals surface area contributed by atoms with Gasteiger partial charge in [-0.15, -0.1) is 11.3 Å². The van der Waals surface area contributed by atoms with Gasteiger partial charge in [0.2, 0.25) is 5.55 Å². The van der Waals surface area contributed by atoms with Crippen molar-refractivity contribution in [2.24, 2.45) is 5.92 Å². The van der Waals surface area contributed by atoms with Crippen LogP contribution in [0.15, 0.2) is 33.5 Å². The van der Waals surface area contributed by atoms with E-state index in [0.29, 0.717) is 33.3 Å². The van der Waals surface area contributed by atoms with Gasteiger partial charge in [-0.05, 0) is 55.0 Å². The number of hydrogen-bond donors (Lipinski definition) is 2. The van der Waals surface area contributed by atoms with Gasteiger partial charge in [0.1, 0.15) is 16.2 Å². The van der Waals surface area contributed by atoms with Crippen LogP contribution in [0.4, 0.5) is 0 Å². The molecule has 27 heavy (non-hydrogen) atoms. The average Bonchev–Trinajstić information content (AvgIpc) is 2.99. The third-order valence-electron chi connectivity index (χ3n) is 5.15. The van der Waals surface area contributed by atoms with Crippen LogP contribution in [0.3, 0.4) is 0 Å². The summed E-state index contributed by atoms with van der Waals surface area (Å²) in [6.07, 6.45) is 3.02. The number of thiophene rings is 1. The van der Waals surface area contributed by atoms with E-state index in [2.05, 4.69) is 16.9 Å². The monoisotopic (exact) mass is 397 g/mol. The van der Waals surface area contributed by atoms with Crippen LogP contribution in [0.2, 0.25) is 5.02 Å². The summed E-state index contributed by atoms with van der Waals surface area (Å²) in [4.78, 5) is 22.4. The number of fused-ring (bicyclic) bond motifs is 4. The number of H-pyrrole nitrogens is 1. The third-order valence-corrected chi connectivity index (χ3v) is 6.53. The lowest BCUT2D eigenvalue weighted by molar-refractivity contribution is 0.509. The number of aromatic amines is 1. The number of halogens is 1. The molecule has 3 aromatic heterocycles. The quantitative estimate of drug-likeness (QED) is 0.490. The molecule has 1 unspecified atom stereocenters. The minimum Gasteiger partial charge on any atom is -0.438 e. The number of aromatic nitrogens is 2. The molecule has 0 spiro atoms. The standard InChI is InChI=1S/C20H16ClN3O2S/c1-9-2-4-12-15(6-9)27-20-16(12)19(25)23-18(24-20)13-8-10-7-11(21)3-5-14(10)26-17(13)22/h3,5,7-9,22H,2,4,6H2,1H3,(H,23,24,25). The molecule has 1 aliphatic rings. The number of benzene rings is 1. The normalized spacial score (nSPS) is 16.7. The zero-order valence-electron chi connectivity index (χ0n) is 14.6. The summed E-state index contributed by atoms with van der Waals surface area (Å²) in [5.74, 6) is 0.989. The Balaban J connectivity index is 1.74.